The Balaban J connectivity index is 1.28. The van der Waals surface area contributed by atoms with Crippen LogP contribution in [0.1, 0.15) is 21.7 Å². The summed E-state index contributed by atoms with van der Waals surface area (Å²) in [5.74, 6) is 0.933. The second-order valence-electron chi connectivity index (χ2n) is 8.25. The largest absolute Gasteiger partial charge is 0.340 e. The number of benzene rings is 3. The predicted octanol–water partition coefficient (Wildman–Crippen LogP) is 6.38. The Morgan fingerprint density at radius 2 is 1.43 bits per heavy atom. The van der Waals surface area contributed by atoms with E-state index in [1.54, 1.807) is 6.20 Å². The summed E-state index contributed by atoms with van der Waals surface area (Å²) < 4.78 is 0. The first-order valence-corrected chi connectivity index (χ1v) is 11.2. The van der Waals surface area contributed by atoms with Crippen LogP contribution >= 0.6 is 0 Å². The van der Waals surface area contributed by atoms with Crippen molar-refractivity contribution in [1.82, 2.24) is 15.0 Å². The molecule has 7 heteroatoms. The van der Waals surface area contributed by atoms with Gasteiger partial charge in [-0.25, -0.2) is 4.98 Å². The maximum absolute atomic E-state index is 12.8. The molecular weight excluding hydrogens is 436 g/mol. The molecule has 35 heavy (non-hydrogen) atoms. The van der Waals surface area contributed by atoms with Crippen LogP contribution in [-0.2, 0) is 0 Å². The van der Waals surface area contributed by atoms with Crippen LogP contribution in [0, 0.1) is 13.8 Å². The molecule has 0 aliphatic rings. The number of aromatic nitrogens is 3. The Kier molecular flexibility index (Phi) is 6.05. The van der Waals surface area contributed by atoms with Gasteiger partial charge in [-0.1, -0.05) is 42.0 Å². The minimum Gasteiger partial charge on any atom is -0.340 e. The van der Waals surface area contributed by atoms with Crippen molar-refractivity contribution >= 4 is 45.5 Å². The molecule has 2 heterocycles. The molecule has 0 aliphatic heterocycles. The summed E-state index contributed by atoms with van der Waals surface area (Å²) in [4.78, 5) is 26.2. The number of hydrogen-bond acceptors (Lipinski definition) is 6. The molecule has 7 nitrogen and oxygen atoms in total. The van der Waals surface area contributed by atoms with E-state index in [4.69, 9.17) is 0 Å². The van der Waals surface area contributed by atoms with Crippen LogP contribution in [0.25, 0.3) is 10.8 Å². The zero-order valence-electron chi connectivity index (χ0n) is 19.4. The van der Waals surface area contributed by atoms with Crippen LogP contribution in [0.4, 0.5) is 28.8 Å². The number of fused-ring (bicyclic) bond motifs is 1. The Bertz CT molecular complexity index is 1490. The summed E-state index contributed by atoms with van der Waals surface area (Å²) in [7, 11) is 0. The van der Waals surface area contributed by atoms with Gasteiger partial charge in [-0.15, -0.1) is 0 Å². The molecule has 0 radical (unpaired) electrons. The van der Waals surface area contributed by atoms with Gasteiger partial charge in [0.25, 0.3) is 5.91 Å². The molecule has 0 bridgehead atoms. The number of nitrogens with one attached hydrogen (secondary N) is 3. The summed E-state index contributed by atoms with van der Waals surface area (Å²) in [5.41, 5.74) is 4.86. The molecule has 3 aromatic carbocycles. The highest BCUT2D eigenvalue weighted by Gasteiger charge is 2.12. The number of aryl methyl sites for hydroxylation is 2. The zero-order valence-corrected chi connectivity index (χ0v) is 19.4. The molecule has 5 rings (SSSR count). The summed E-state index contributed by atoms with van der Waals surface area (Å²) in [6, 6.07) is 27.0. The zero-order chi connectivity index (χ0) is 24.2. The first-order chi connectivity index (χ1) is 17.0. The highest BCUT2D eigenvalue weighted by molar-refractivity contribution is 6.11. The molecule has 0 aliphatic carbocycles. The standard InChI is InChI=1S/C28H24N6O/c1-18-7-9-21(10-8-18)31-25-17-19(2)30-28(34-25)33-23-13-11-22(12-14-23)32-27(35)26-24-6-4-3-5-20(24)15-16-29-26/h3-17H,1-2H3,(H,32,35)(H2,30,31,33,34). The van der Waals surface area contributed by atoms with Crippen LogP contribution in [0.5, 0.6) is 0 Å². The van der Waals surface area contributed by atoms with Crippen molar-refractivity contribution in [2.24, 2.45) is 0 Å². The molecule has 0 unspecified atom stereocenters. The fraction of sp³-hybridized carbons (Fsp3) is 0.0714. The van der Waals surface area contributed by atoms with Gasteiger partial charge in [0.1, 0.15) is 11.5 Å². The van der Waals surface area contributed by atoms with Crippen molar-refractivity contribution in [3.63, 3.8) is 0 Å². The smallest absolute Gasteiger partial charge is 0.274 e. The van der Waals surface area contributed by atoms with E-state index in [0.717, 1.165) is 27.8 Å². The van der Waals surface area contributed by atoms with Crippen molar-refractivity contribution < 1.29 is 4.79 Å². The molecule has 1 amide bonds. The van der Waals surface area contributed by atoms with Crippen LogP contribution in [-0.4, -0.2) is 20.9 Å². The molecule has 0 saturated heterocycles. The SMILES string of the molecule is Cc1ccc(Nc2cc(C)nc(Nc3ccc(NC(=O)c4nccc5ccccc45)cc3)n2)cc1. The fourth-order valence-electron chi connectivity index (χ4n) is 3.73. The number of carbonyl (C=O) groups is 1. The minimum atomic E-state index is -0.253. The molecular formula is C28H24N6O. The number of nitrogens with zero attached hydrogens (tertiary/aromatic N) is 3. The van der Waals surface area contributed by atoms with Crippen LogP contribution in [0.2, 0.25) is 0 Å². The number of carbonyl (C=O) groups excluding carboxylic acids is 1. The molecule has 0 fully saturated rings. The lowest BCUT2D eigenvalue weighted by Crippen LogP contribution is -2.14. The van der Waals surface area contributed by atoms with E-state index in [2.05, 4.69) is 37.8 Å². The maximum atomic E-state index is 12.8. The van der Waals surface area contributed by atoms with E-state index in [1.165, 1.54) is 5.56 Å². The monoisotopic (exact) mass is 460 g/mol. The highest BCUT2D eigenvalue weighted by Crippen LogP contribution is 2.22. The third-order valence-corrected chi connectivity index (χ3v) is 5.47. The molecule has 5 aromatic rings. The maximum Gasteiger partial charge on any atom is 0.274 e. The summed E-state index contributed by atoms with van der Waals surface area (Å²) >= 11 is 0. The van der Waals surface area contributed by atoms with Crippen LogP contribution in [0.3, 0.4) is 0 Å². The molecule has 3 N–H and O–H groups in total. The predicted molar refractivity (Wildman–Crippen MR) is 141 cm³/mol. The fourth-order valence-corrected chi connectivity index (χ4v) is 3.73. The normalized spacial score (nSPS) is 10.7. The lowest BCUT2D eigenvalue weighted by Gasteiger charge is -2.11. The van der Waals surface area contributed by atoms with Crippen molar-refractivity contribution in [3.05, 3.63) is 108 Å². The number of anilines is 5. The molecule has 0 spiro atoms. The van der Waals surface area contributed by atoms with E-state index in [1.807, 2.05) is 91.9 Å². The third-order valence-electron chi connectivity index (χ3n) is 5.47. The quantitative estimate of drug-likeness (QED) is 0.272. The Labute approximate surface area is 203 Å². The lowest BCUT2D eigenvalue weighted by atomic mass is 10.1. The van der Waals surface area contributed by atoms with Gasteiger partial charge in [0.2, 0.25) is 5.95 Å². The number of amides is 1. The van der Waals surface area contributed by atoms with Gasteiger partial charge >= 0.3 is 0 Å². The van der Waals surface area contributed by atoms with Crippen molar-refractivity contribution in [1.29, 1.82) is 0 Å². The van der Waals surface area contributed by atoms with Crippen molar-refractivity contribution in [2.75, 3.05) is 16.0 Å². The average Bonchev–Trinajstić information content (AvgIpc) is 2.86. The summed E-state index contributed by atoms with van der Waals surface area (Å²) in [5, 5.41) is 11.3. The second-order valence-corrected chi connectivity index (χ2v) is 8.25. The van der Waals surface area contributed by atoms with Gasteiger partial charge in [0.15, 0.2) is 0 Å². The second kappa shape index (κ2) is 9.61. The van der Waals surface area contributed by atoms with E-state index in [0.29, 0.717) is 23.1 Å². The Morgan fingerprint density at radius 3 is 2.23 bits per heavy atom. The molecule has 0 atom stereocenters. The molecule has 2 aromatic heterocycles. The van der Waals surface area contributed by atoms with Gasteiger partial charge in [-0.3, -0.25) is 9.78 Å². The van der Waals surface area contributed by atoms with Crippen molar-refractivity contribution in [3.8, 4) is 0 Å². The average molecular weight is 461 g/mol. The number of pyridine rings is 1. The van der Waals surface area contributed by atoms with Crippen LogP contribution in [0.15, 0.2) is 91.1 Å². The van der Waals surface area contributed by atoms with Crippen LogP contribution < -0.4 is 16.0 Å². The van der Waals surface area contributed by atoms with Gasteiger partial charge < -0.3 is 16.0 Å². The van der Waals surface area contributed by atoms with Gasteiger partial charge in [0.05, 0.1) is 0 Å². The third kappa shape index (κ3) is 5.25. The molecule has 0 saturated carbocycles. The summed E-state index contributed by atoms with van der Waals surface area (Å²) in [6.07, 6.45) is 1.65. The summed E-state index contributed by atoms with van der Waals surface area (Å²) in [6.45, 7) is 3.98. The van der Waals surface area contributed by atoms with E-state index < -0.39 is 0 Å². The van der Waals surface area contributed by atoms with Gasteiger partial charge in [0, 0.05) is 40.4 Å². The Hall–Kier alpha value is -4.78. The lowest BCUT2D eigenvalue weighted by molar-refractivity contribution is 0.102. The first kappa shape index (κ1) is 22.0. The molecule has 172 valence electrons. The number of rotatable bonds is 6. The van der Waals surface area contributed by atoms with Gasteiger partial charge in [-0.2, -0.15) is 4.98 Å². The topological polar surface area (TPSA) is 91.8 Å². The Morgan fingerprint density at radius 1 is 0.743 bits per heavy atom. The van der Waals surface area contributed by atoms with Crippen molar-refractivity contribution in [2.45, 2.75) is 13.8 Å². The van der Waals surface area contributed by atoms with Gasteiger partial charge in [-0.05, 0) is 61.7 Å². The van der Waals surface area contributed by atoms with E-state index in [-0.39, 0.29) is 5.91 Å². The van der Waals surface area contributed by atoms with E-state index in [9.17, 15) is 4.79 Å². The number of hydrogen-bond donors (Lipinski definition) is 3. The first-order valence-electron chi connectivity index (χ1n) is 11.2. The van der Waals surface area contributed by atoms with E-state index >= 15 is 0 Å². The minimum absolute atomic E-state index is 0.253. The highest BCUT2D eigenvalue weighted by atomic mass is 16.1.